The van der Waals surface area contributed by atoms with Gasteiger partial charge in [0.25, 0.3) is 0 Å². The third-order valence-corrected chi connectivity index (χ3v) is 2.34. The molecule has 6 heteroatoms. The average molecular weight is 214 g/mol. The summed E-state index contributed by atoms with van der Waals surface area (Å²) in [6.07, 6.45) is 1.48. The van der Waals surface area contributed by atoms with E-state index in [0.29, 0.717) is 19.5 Å². The Bertz CT molecular complexity index is 238. The fourth-order valence-corrected chi connectivity index (χ4v) is 1.22. The van der Waals surface area contributed by atoms with E-state index in [9.17, 15) is 4.79 Å². The van der Waals surface area contributed by atoms with Gasteiger partial charge in [-0.3, -0.25) is 4.79 Å². The van der Waals surface area contributed by atoms with Gasteiger partial charge in [-0.25, -0.2) is 0 Å². The standard InChI is InChI=1S/C9H18N4O2/c1-3-7(2)8(9(14)15)11-5-4-6-12-13-10/h7-8,11H,3-6H2,1-2H3,(H,14,15). The minimum absolute atomic E-state index is 0.0990. The molecular weight excluding hydrogens is 196 g/mol. The molecule has 6 nitrogen and oxygen atoms in total. The zero-order chi connectivity index (χ0) is 11.7. The molecule has 0 aromatic rings. The quantitative estimate of drug-likeness (QED) is 0.279. The summed E-state index contributed by atoms with van der Waals surface area (Å²) < 4.78 is 0. The second kappa shape index (κ2) is 8.08. The first-order valence-corrected chi connectivity index (χ1v) is 5.10. The van der Waals surface area contributed by atoms with Gasteiger partial charge in [0.2, 0.25) is 0 Å². The van der Waals surface area contributed by atoms with E-state index in [1.807, 2.05) is 13.8 Å². The SMILES string of the molecule is CCC(C)C(NCCCN=[N+]=[N-])C(=O)O. The molecule has 0 saturated carbocycles. The second-order valence-corrected chi connectivity index (χ2v) is 3.46. The average Bonchev–Trinajstić information content (AvgIpc) is 2.22. The highest BCUT2D eigenvalue weighted by Crippen LogP contribution is 2.07. The van der Waals surface area contributed by atoms with Crippen LogP contribution in [0.5, 0.6) is 0 Å². The van der Waals surface area contributed by atoms with E-state index in [1.54, 1.807) is 0 Å². The Balaban J connectivity index is 3.86. The zero-order valence-corrected chi connectivity index (χ0v) is 9.18. The maximum atomic E-state index is 10.9. The fraction of sp³-hybridized carbons (Fsp3) is 0.889. The van der Waals surface area contributed by atoms with Gasteiger partial charge in [0, 0.05) is 11.5 Å². The first-order chi connectivity index (χ1) is 7.13. The van der Waals surface area contributed by atoms with Crippen LogP contribution in [0.25, 0.3) is 10.4 Å². The third kappa shape index (κ3) is 5.93. The van der Waals surface area contributed by atoms with Crippen molar-refractivity contribution in [3.8, 4) is 0 Å². The van der Waals surface area contributed by atoms with Gasteiger partial charge in [0.05, 0.1) is 0 Å². The number of nitrogens with one attached hydrogen (secondary N) is 1. The molecule has 0 fully saturated rings. The van der Waals surface area contributed by atoms with Crippen LogP contribution < -0.4 is 5.32 Å². The van der Waals surface area contributed by atoms with Crippen LogP contribution in [-0.4, -0.2) is 30.2 Å². The van der Waals surface area contributed by atoms with Crippen molar-refractivity contribution in [2.45, 2.75) is 32.7 Å². The number of hydrogen-bond acceptors (Lipinski definition) is 3. The van der Waals surface area contributed by atoms with E-state index in [2.05, 4.69) is 15.3 Å². The van der Waals surface area contributed by atoms with E-state index in [0.717, 1.165) is 6.42 Å². The molecule has 0 spiro atoms. The maximum Gasteiger partial charge on any atom is 0.320 e. The normalized spacial score (nSPS) is 14.0. The van der Waals surface area contributed by atoms with Crippen molar-refractivity contribution in [2.75, 3.05) is 13.1 Å². The number of rotatable bonds is 8. The maximum absolute atomic E-state index is 10.9. The Morgan fingerprint density at radius 2 is 2.33 bits per heavy atom. The molecule has 0 bridgehead atoms. The van der Waals surface area contributed by atoms with Crippen molar-refractivity contribution < 1.29 is 9.90 Å². The van der Waals surface area contributed by atoms with Crippen LogP contribution >= 0.6 is 0 Å². The lowest BCUT2D eigenvalue weighted by Crippen LogP contribution is -2.42. The van der Waals surface area contributed by atoms with Crippen molar-refractivity contribution >= 4 is 5.97 Å². The molecular formula is C9H18N4O2. The molecule has 0 heterocycles. The van der Waals surface area contributed by atoms with Crippen LogP contribution in [0.15, 0.2) is 5.11 Å². The van der Waals surface area contributed by atoms with Gasteiger partial charge in [-0.1, -0.05) is 25.4 Å². The molecule has 0 aromatic heterocycles. The highest BCUT2D eigenvalue weighted by Gasteiger charge is 2.21. The predicted molar refractivity (Wildman–Crippen MR) is 57.5 cm³/mol. The summed E-state index contributed by atoms with van der Waals surface area (Å²) in [6, 6.07) is -0.513. The van der Waals surface area contributed by atoms with Gasteiger partial charge in [-0.05, 0) is 24.4 Å². The largest absolute Gasteiger partial charge is 0.480 e. The highest BCUT2D eigenvalue weighted by molar-refractivity contribution is 5.73. The molecule has 0 aliphatic heterocycles. The van der Waals surface area contributed by atoms with Crippen LogP contribution in [0.3, 0.4) is 0 Å². The van der Waals surface area contributed by atoms with Gasteiger partial charge in [-0.2, -0.15) is 0 Å². The fourth-order valence-electron chi connectivity index (χ4n) is 1.22. The van der Waals surface area contributed by atoms with Crippen molar-refractivity contribution in [1.29, 1.82) is 0 Å². The Morgan fingerprint density at radius 1 is 1.67 bits per heavy atom. The molecule has 0 aromatic carbocycles. The summed E-state index contributed by atoms with van der Waals surface area (Å²) >= 11 is 0. The second-order valence-electron chi connectivity index (χ2n) is 3.46. The summed E-state index contributed by atoms with van der Waals surface area (Å²) in [5.74, 6) is -0.727. The van der Waals surface area contributed by atoms with Gasteiger partial charge in [0.1, 0.15) is 6.04 Å². The summed E-state index contributed by atoms with van der Waals surface area (Å²) in [4.78, 5) is 13.5. The first-order valence-electron chi connectivity index (χ1n) is 5.10. The Morgan fingerprint density at radius 3 is 2.80 bits per heavy atom. The summed E-state index contributed by atoms with van der Waals surface area (Å²) in [5, 5.41) is 15.3. The lowest BCUT2D eigenvalue weighted by atomic mass is 9.99. The molecule has 0 saturated heterocycles. The molecule has 2 atom stereocenters. The topological polar surface area (TPSA) is 98.1 Å². The van der Waals surface area contributed by atoms with Crippen molar-refractivity contribution in [3.05, 3.63) is 10.4 Å². The predicted octanol–water partition coefficient (Wildman–Crippen LogP) is 1.78. The summed E-state index contributed by atoms with van der Waals surface area (Å²) in [7, 11) is 0. The van der Waals surface area contributed by atoms with E-state index in [-0.39, 0.29) is 5.92 Å². The monoisotopic (exact) mass is 214 g/mol. The minimum atomic E-state index is -0.826. The van der Waals surface area contributed by atoms with E-state index in [4.69, 9.17) is 10.6 Å². The van der Waals surface area contributed by atoms with Crippen LogP contribution in [0, 0.1) is 5.92 Å². The molecule has 0 rings (SSSR count). The number of carboxylic acid groups (broad SMARTS) is 1. The van der Waals surface area contributed by atoms with Crippen molar-refractivity contribution in [1.82, 2.24) is 5.32 Å². The Kier molecular flexibility index (Phi) is 7.40. The third-order valence-electron chi connectivity index (χ3n) is 2.34. The molecule has 0 aliphatic carbocycles. The number of azide groups is 1. The van der Waals surface area contributed by atoms with Crippen LogP contribution in [0.4, 0.5) is 0 Å². The number of hydrogen-bond donors (Lipinski definition) is 2. The van der Waals surface area contributed by atoms with Gasteiger partial charge in [-0.15, -0.1) is 0 Å². The number of aliphatic carboxylic acids is 1. The lowest BCUT2D eigenvalue weighted by Gasteiger charge is -2.19. The van der Waals surface area contributed by atoms with Gasteiger partial charge >= 0.3 is 5.97 Å². The number of carbonyl (C=O) groups is 1. The van der Waals surface area contributed by atoms with E-state index < -0.39 is 12.0 Å². The first kappa shape index (κ1) is 13.7. The van der Waals surface area contributed by atoms with Gasteiger partial charge in [0.15, 0.2) is 0 Å². The molecule has 0 radical (unpaired) electrons. The minimum Gasteiger partial charge on any atom is -0.480 e. The molecule has 2 unspecified atom stereocenters. The molecule has 0 aliphatic rings. The highest BCUT2D eigenvalue weighted by atomic mass is 16.4. The van der Waals surface area contributed by atoms with Gasteiger partial charge < -0.3 is 10.4 Å². The van der Waals surface area contributed by atoms with E-state index >= 15 is 0 Å². The Labute approximate surface area is 89.3 Å². The molecule has 2 N–H and O–H groups in total. The van der Waals surface area contributed by atoms with Crippen LogP contribution in [-0.2, 0) is 4.79 Å². The Hall–Kier alpha value is -1.26. The lowest BCUT2D eigenvalue weighted by molar-refractivity contribution is -0.140. The van der Waals surface area contributed by atoms with Crippen molar-refractivity contribution in [3.63, 3.8) is 0 Å². The van der Waals surface area contributed by atoms with Crippen molar-refractivity contribution in [2.24, 2.45) is 11.0 Å². The molecule has 15 heavy (non-hydrogen) atoms. The summed E-state index contributed by atoms with van der Waals surface area (Å²) in [5.41, 5.74) is 8.03. The smallest absolute Gasteiger partial charge is 0.320 e. The number of nitrogens with zero attached hydrogens (tertiary/aromatic N) is 3. The van der Waals surface area contributed by atoms with E-state index in [1.165, 1.54) is 0 Å². The number of carboxylic acids is 1. The van der Waals surface area contributed by atoms with Crippen LogP contribution in [0.1, 0.15) is 26.7 Å². The molecule has 0 amide bonds. The zero-order valence-electron chi connectivity index (χ0n) is 9.18. The molecule has 86 valence electrons. The summed E-state index contributed by atoms with van der Waals surface area (Å²) in [6.45, 7) is 4.82. The van der Waals surface area contributed by atoms with Crippen LogP contribution in [0.2, 0.25) is 0 Å².